The molecule has 1 aliphatic rings. The van der Waals surface area contributed by atoms with Gasteiger partial charge in [-0.15, -0.1) is 0 Å². The van der Waals surface area contributed by atoms with Gasteiger partial charge >= 0.3 is 0 Å². The smallest absolute Gasteiger partial charge is 0.270 e. The lowest BCUT2D eigenvalue weighted by Gasteiger charge is -2.28. The predicted octanol–water partition coefficient (Wildman–Crippen LogP) is 1.95. The first kappa shape index (κ1) is 15.4. The summed E-state index contributed by atoms with van der Waals surface area (Å²) in [7, 11) is 0. The van der Waals surface area contributed by atoms with Gasteiger partial charge in [0.15, 0.2) is 0 Å². The minimum Gasteiger partial charge on any atom is -0.334 e. The molecule has 1 amide bonds. The van der Waals surface area contributed by atoms with E-state index in [0.717, 1.165) is 37.6 Å². The van der Waals surface area contributed by atoms with Gasteiger partial charge in [0.2, 0.25) is 0 Å². The maximum Gasteiger partial charge on any atom is 0.270 e. The fourth-order valence-electron chi connectivity index (χ4n) is 2.54. The van der Waals surface area contributed by atoms with Crippen LogP contribution in [-0.4, -0.2) is 41.4 Å². The van der Waals surface area contributed by atoms with Crippen LogP contribution in [-0.2, 0) is 0 Å². The van der Waals surface area contributed by atoms with E-state index < -0.39 is 16.6 Å². The van der Waals surface area contributed by atoms with Gasteiger partial charge in [0.05, 0.1) is 10.5 Å². The molecule has 0 spiro atoms. The van der Waals surface area contributed by atoms with Crippen LogP contribution in [0.1, 0.15) is 30.1 Å². The summed E-state index contributed by atoms with van der Waals surface area (Å²) in [5.74, 6) is -1.20. The van der Waals surface area contributed by atoms with Crippen LogP contribution in [0.5, 0.6) is 0 Å². The van der Waals surface area contributed by atoms with Crippen molar-refractivity contribution in [2.45, 2.75) is 25.8 Å². The highest BCUT2D eigenvalue weighted by Gasteiger charge is 2.29. The van der Waals surface area contributed by atoms with Crippen LogP contribution in [0.25, 0.3) is 0 Å². The van der Waals surface area contributed by atoms with E-state index in [4.69, 9.17) is 0 Å². The second kappa shape index (κ2) is 6.62. The second-order valence-electron chi connectivity index (χ2n) is 5.07. The number of amides is 1. The summed E-state index contributed by atoms with van der Waals surface area (Å²) >= 11 is 0. The van der Waals surface area contributed by atoms with Gasteiger partial charge in [-0.25, -0.2) is 4.39 Å². The lowest BCUT2D eigenvalue weighted by Crippen LogP contribution is -2.42. The number of halogens is 1. The standard InChI is InChI=1S/C14H18FN3O3/c1-2-7-17(11-5-6-16-9-11)14(19)12-8-10(18(20)21)3-4-13(12)15/h3-4,8,11,16H,2,5-7,9H2,1H3. The largest absolute Gasteiger partial charge is 0.334 e. The lowest BCUT2D eigenvalue weighted by molar-refractivity contribution is -0.384. The van der Waals surface area contributed by atoms with Crippen LogP contribution < -0.4 is 5.32 Å². The summed E-state index contributed by atoms with van der Waals surface area (Å²) in [6, 6.07) is 3.06. The number of hydrogen-bond donors (Lipinski definition) is 1. The summed E-state index contributed by atoms with van der Waals surface area (Å²) in [6.07, 6.45) is 1.56. The first-order valence-electron chi connectivity index (χ1n) is 7.00. The normalized spacial score (nSPS) is 17.7. The Balaban J connectivity index is 2.31. The fraction of sp³-hybridized carbons (Fsp3) is 0.500. The molecule has 1 N–H and O–H groups in total. The lowest BCUT2D eigenvalue weighted by atomic mass is 10.1. The molecule has 1 aromatic carbocycles. The molecule has 6 nitrogen and oxygen atoms in total. The van der Waals surface area contributed by atoms with Gasteiger partial charge in [-0.1, -0.05) is 6.92 Å². The number of hydrogen-bond acceptors (Lipinski definition) is 4. The SMILES string of the molecule is CCCN(C(=O)c1cc([N+](=O)[O-])ccc1F)C1CCNC1. The van der Waals surface area contributed by atoms with Crippen LogP contribution in [0.4, 0.5) is 10.1 Å². The highest BCUT2D eigenvalue weighted by Crippen LogP contribution is 2.21. The summed E-state index contributed by atoms with van der Waals surface area (Å²) < 4.78 is 13.9. The molecule has 1 aliphatic heterocycles. The van der Waals surface area contributed by atoms with Crippen LogP contribution in [0, 0.1) is 15.9 Å². The maximum absolute atomic E-state index is 13.9. The molecule has 0 saturated carbocycles. The molecule has 0 bridgehead atoms. The molecule has 0 aromatic heterocycles. The molecule has 114 valence electrons. The van der Waals surface area contributed by atoms with Gasteiger partial charge in [-0.05, 0) is 25.5 Å². The van der Waals surface area contributed by atoms with Crippen LogP contribution >= 0.6 is 0 Å². The zero-order valence-electron chi connectivity index (χ0n) is 11.8. The van der Waals surface area contributed by atoms with Gasteiger partial charge in [-0.2, -0.15) is 0 Å². The molecule has 1 atom stereocenters. The Bertz CT molecular complexity index is 544. The molecular formula is C14H18FN3O3. The zero-order valence-corrected chi connectivity index (χ0v) is 11.8. The van der Waals surface area contributed by atoms with E-state index >= 15 is 0 Å². The van der Waals surface area contributed by atoms with Crippen molar-refractivity contribution in [3.63, 3.8) is 0 Å². The molecule has 1 saturated heterocycles. The monoisotopic (exact) mass is 295 g/mol. The third-order valence-electron chi connectivity index (χ3n) is 3.59. The Labute approximate surface area is 122 Å². The van der Waals surface area contributed by atoms with Crippen molar-refractivity contribution >= 4 is 11.6 Å². The van der Waals surface area contributed by atoms with Crippen molar-refractivity contribution in [1.29, 1.82) is 0 Å². The highest BCUT2D eigenvalue weighted by atomic mass is 19.1. The van der Waals surface area contributed by atoms with Gasteiger partial charge in [0, 0.05) is 31.3 Å². The van der Waals surface area contributed by atoms with Crippen LogP contribution in [0.2, 0.25) is 0 Å². The summed E-state index contributed by atoms with van der Waals surface area (Å²) in [4.78, 5) is 24.3. The fourth-order valence-corrected chi connectivity index (χ4v) is 2.54. The molecule has 1 aromatic rings. The van der Waals surface area contributed by atoms with Crippen molar-refractivity contribution in [2.24, 2.45) is 0 Å². The first-order chi connectivity index (χ1) is 10.0. The van der Waals surface area contributed by atoms with Gasteiger partial charge in [0.25, 0.3) is 11.6 Å². The third kappa shape index (κ3) is 3.36. The van der Waals surface area contributed by atoms with Crippen molar-refractivity contribution < 1.29 is 14.1 Å². The van der Waals surface area contributed by atoms with E-state index in [1.165, 1.54) is 0 Å². The summed E-state index contributed by atoms with van der Waals surface area (Å²) in [5.41, 5.74) is -0.509. The number of nitrogens with zero attached hydrogens (tertiary/aromatic N) is 2. The minimum atomic E-state index is -0.724. The highest BCUT2D eigenvalue weighted by molar-refractivity contribution is 5.95. The predicted molar refractivity (Wildman–Crippen MR) is 75.7 cm³/mol. The Morgan fingerprint density at radius 2 is 2.33 bits per heavy atom. The molecule has 1 heterocycles. The molecule has 0 radical (unpaired) electrons. The zero-order chi connectivity index (χ0) is 15.4. The van der Waals surface area contributed by atoms with E-state index in [9.17, 15) is 19.3 Å². The number of non-ortho nitro benzene ring substituents is 1. The molecule has 21 heavy (non-hydrogen) atoms. The van der Waals surface area contributed by atoms with Gasteiger partial charge < -0.3 is 10.2 Å². The van der Waals surface area contributed by atoms with Gasteiger partial charge in [0.1, 0.15) is 5.82 Å². The molecule has 2 rings (SSSR count). The number of nitro benzene ring substituents is 1. The molecule has 0 aliphatic carbocycles. The summed E-state index contributed by atoms with van der Waals surface area (Å²) in [6.45, 7) is 3.93. The number of carbonyl (C=O) groups excluding carboxylic acids is 1. The summed E-state index contributed by atoms with van der Waals surface area (Å²) in [5, 5.41) is 14.0. The number of rotatable bonds is 5. The van der Waals surface area contributed by atoms with Crippen molar-refractivity contribution in [2.75, 3.05) is 19.6 Å². The number of carbonyl (C=O) groups is 1. The Hall–Kier alpha value is -2.02. The minimum absolute atomic E-state index is 0.0103. The topological polar surface area (TPSA) is 75.5 Å². The third-order valence-corrected chi connectivity index (χ3v) is 3.59. The molecule has 1 fully saturated rings. The van der Waals surface area contributed by atoms with Gasteiger partial charge in [-0.3, -0.25) is 14.9 Å². The van der Waals surface area contributed by atoms with E-state index in [2.05, 4.69) is 5.32 Å². The first-order valence-corrected chi connectivity index (χ1v) is 7.00. The maximum atomic E-state index is 13.9. The van der Waals surface area contributed by atoms with Crippen LogP contribution in [0.3, 0.4) is 0 Å². The van der Waals surface area contributed by atoms with E-state index in [0.29, 0.717) is 13.1 Å². The average Bonchev–Trinajstić information content (AvgIpc) is 2.98. The van der Waals surface area contributed by atoms with E-state index in [1.54, 1.807) is 4.90 Å². The number of benzene rings is 1. The number of nitro groups is 1. The van der Waals surface area contributed by atoms with Crippen molar-refractivity contribution in [3.05, 3.63) is 39.7 Å². The Morgan fingerprint density at radius 3 is 2.90 bits per heavy atom. The molecule has 7 heteroatoms. The van der Waals surface area contributed by atoms with E-state index in [1.807, 2.05) is 6.92 Å². The van der Waals surface area contributed by atoms with Crippen molar-refractivity contribution in [3.8, 4) is 0 Å². The number of nitrogens with one attached hydrogen (secondary N) is 1. The average molecular weight is 295 g/mol. The molecular weight excluding hydrogens is 277 g/mol. The Morgan fingerprint density at radius 1 is 1.57 bits per heavy atom. The second-order valence-corrected chi connectivity index (χ2v) is 5.07. The van der Waals surface area contributed by atoms with E-state index in [-0.39, 0.29) is 17.3 Å². The quantitative estimate of drug-likeness (QED) is 0.665. The molecule has 1 unspecified atom stereocenters. The Kier molecular flexibility index (Phi) is 4.85. The van der Waals surface area contributed by atoms with Crippen LogP contribution in [0.15, 0.2) is 18.2 Å². The van der Waals surface area contributed by atoms with Crippen molar-refractivity contribution in [1.82, 2.24) is 10.2 Å².